The number of benzene rings is 3. The van der Waals surface area contributed by atoms with Crippen molar-refractivity contribution < 1.29 is 14.3 Å². The zero-order chi connectivity index (χ0) is 21.1. The number of halogens is 1. The fourth-order valence-corrected chi connectivity index (χ4v) is 3.11. The standard InChI is InChI=1S/C20H20ClN5O3/c1-11-3-4-13-8-14(6-5-12(13)7-11)19(27)24-16-10-18(29-2)15(21)9-17(16)26(23)20(28)25-22/h3-10H,22-23H2,1-2H3,(H,24,27)(H,25,28). The lowest BCUT2D eigenvalue weighted by atomic mass is 10.0. The van der Waals surface area contributed by atoms with Gasteiger partial charge in [-0.15, -0.1) is 0 Å². The van der Waals surface area contributed by atoms with E-state index in [1.54, 1.807) is 12.1 Å². The maximum absolute atomic E-state index is 12.9. The molecule has 0 aliphatic carbocycles. The van der Waals surface area contributed by atoms with Crippen molar-refractivity contribution in [3.05, 3.63) is 64.7 Å². The number of nitrogens with one attached hydrogen (secondary N) is 2. The maximum Gasteiger partial charge on any atom is 0.350 e. The second-order valence-electron chi connectivity index (χ2n) is 6.34. The number of nitrogens with two attached hydrogens (primary N) is 2. The molecule has 0 saturated carbocycles. The molecule has 0 atom stereocenters. The molecule has 0 radical (unpaired) electrons. The number of carbonyl (C=O) groups excluding carboxylic acids is 2. The van der Waals surface area contributed by atoms with Crippen LogP contribution in [0, 0.1) is 6.92 Å². The van der Waals surface area contributed by atoms with E-state index in [-0.39, 0.29) is 22.3 Å². The largest absolute Gasteiger partial charge is 0.495 e. The lowest BCUT2D eigenvalue weighted by Gasteiger charge is -2.21. The second-order valence-corrected chi connectivity index (χ2v) is 6.75. The van der Waals surface area contributed by atoms with Crippen molar-refractivity contribution in [1.29, 1.82) is 0 Å². The predicted octanol–water partition coefficient (Wildman–Crippen LogP) is 3.33. The van der Waals surface area contributed by atoms with Gasteiger partial charge in [0.05, 0.1) is 23.5 Å². The number of hydrogen-bond acceptors (Lipinski definition) is 5. The molecule has 0 spiro atoms. The number of rotatable bonds is 4. The normalized spacial score (nSPS) is 10.5. The minimum Gasteiger partial charge on any atom is -0.495 e. The molecule has 9 heteroatoms. The smallest absolute Gasteiger partial charge is 0.350 e. The maximum atomic E-state index is 12.9. The van der Waals surface area contributed by atoms with E-state index in [1.165, 1.54) is 19.2 Å². The van der Waals surface area contributed by atoms with Gasteiger partial charge < -0.3 is 10.1 Å². The van der Waals surface area contributed by atoms with Crippen LogP contribution in [-0.2, 0) is 0 Å². The molecular weight excluding hydrogens is 394 g/mol. The number of aryl methyl sites for hydroxylation is 1. The van der Waals surface area contributed by atoms with Gasteiger partial charge in [-0.2, -0.15) is 0 Å². The molecule has 0 saturated heterocycles. The van der Waals surface area contributed by atoms with Crippen molar-refractivity contribution in [3.8, 4) is 5.75 Å². The van der Waals surface area contributed by atoms with Gasteiger partial charge in [-0.25, -0.2) is 21.5 Å². The summed E-state index contributed by atoms with van der Waals surface area (Å²) < 4.78 is 5.20. The van der Waals surface area contributed by atoms with E-state index in [0.717, 1.165) is 21.3 Å². The van der Waals surface area contributed by atoms with Gasteiger partial charge in [0.15, 0.2) is 0 Å². The highest BCUT2D eigenvalue weighted by atomic mass is 35.5. The van der Waals surface area contributed by atoms with Crippen LogP contribution < -0.4 is 32.2 Å². The summed E-state index contributed by atoms with van der Waals surface area (Å²) >= 11 is 6.14. The van der Waals surface area contributed by atoms with Crippen LogP contribution in [-0.4, -0.2) is 19.0 Å². The molecule has 3 aromatic carbocycles. The van der Waals surface area contributed by atoms with Crippen LogP contribution in [0.3, 0.4) is 0 Å². The molecule has 3 rings (SSSR count). The van der Waals surface area contributed by atoms with Crippen molar-refractivity contribution in [3.63, 3.8) is 0 Å². The van der Waals surface area contributed by atoms with Crippen LogP contribution >= 0.6 is 11.6 Å². The summed E-state index contributed by atoms with van der Waals surface area (Å²) in [5, 5.41) is 5.66. The van der Waals surface area contributed by atoms with Crippen molar-refractivity contribution >= 4 is 45.7 Å². The van der Waals surface area contributed by atoms with Crippen LogP contribution in [0.4, 0.5) is 16.2 Å². The van der Waals surface area contributed by atoms with Crippen LogP contribution in [0.2, 0.25) is 5.02 Å². The quantitative estimate of drug-likeness (QED) is 0.297. The van der Waals surface area contributed by atoms with Gasteiger partial charge in [0.25, 0.3) is 5.91 Å². The molecule has 6 N–H and O–H groups in total. The number of carbonyl (C=O) groups is 2. The van der Waals surface area contributed by atoms with Crippen molar-refractivity contribution in [2.75, 3.05) is 17.4 Å². The number of nitrogens with zero attached hydrogens (tertiary/aromatic N) is 1. The molecule has 0 heterocycles. The molecule has 150 valence electrons. The fourth-order valence-electron chi connectivity index (χ4n) is 2.88. The van der Waals surface area contributed by atoms with E-state index in [2.05, 4.69) is 5.32 Å². The Kier molecular flexibility index (Phi) is 5.88. The topological polar surface area (TPSA) is 123 Å². The highest BCUT2D eigenvalue weighted by molar-refractivity contribution is 6.32. The molecule has 0 aliphatic rings. The molecule has 8 nitrogen and oxygen atoms in total. The first kappa shape index (κ1) is 20.4. The third kappa shape index (κ3) is 4.24. The van der Waals surface area contributed by atoms with Gasteiger partial charge in [0, 0.05) is 11.6 Å². The molecule has 0 unspecified atom stereocenters. The molecule has 0 aliphatic heterocycles. The Morgan fingerprint density at radius 2 is 1.76 bits per heavy atom. The predicted molar refractivity (Wildman–Crippen MR) is 114 cm³/mol. The van der Waals surface area contributed by atoms with Crippen LogP contribution in [0.5, 0.6) is 5.75 Å². The monoisotopic (exact) mass is 413 g/mol. The highest BCUT2D eigenvalue weighted by Crippen LogP contribution is 2.36. The van der Waals surface area contributed by atoms with Gasteiger partial charge in [0.2, 0.25) is 0 Å². The number of anilines is 2. The number of amides is 3. The molecule has 0 fully saturated rings. The lowest BCUT2D eigenvalue weighted by Crippen LogP contribution is -2.48. The number of fused-ring (bicyclic) bond motifs is 1. The zero-order valence-electron chi connectivity index (χ0n) is 15.8. The van der Waals surface area contributed by atoms with E-state index in [4.69, 9.17) is 28.0 Å². The third-order valence-electron chi connectivity index (χ3n) is 4.38. The Morgan fingerprint density at radius 1 is 1.07 bits per heavy atom. The Morgan fingerprint density at radius 3 is 2.45 bits per heavy atom. The molecule has 3 aromatic rings. The molecule has 0 aromatic heterocycles. The minimum absolute atomic E-state index is 0.142. The van der Waals surface area contributed by atoms with Gasteiger partial charge in [0.1, 0.15) is 5.75 Å². The van der Waals surface area contributed by atoms with E-state index >= 15 is 0 Å². The second kappa shape index (κ2) is 8.36. The minimum atomic E-state index is -0.789. The molecule has 0 bridgehead atoms. The number of hydrazine groups is 2. The van der Waals surface area contributed by atoms with Crippen molar-refractivity contribution in [2.24, 2.45) is 11.7 Å². The van der Waals surface area contributed by atoms with Crippen molar-refractivity contribution in [2.45, 2.75) is 6.92 Å². The summed E-state index contributed by atoms with van der Waals surface area (Å²) in [6.45, 7) is 2.01. The molecule has 3 amide bonds. The van der Waals surface area contributed by atoms with Crippen LogP contribution in [0.25, 0.3) is 10.8 Å². The first-order valence-corrected chi connectivity index (χ1v) is 8.96. The SMILES string of the molecule is COc1cc(NC(=O)c2ccc3cc(C)ccc3c2)c(N(N)C(=O)NN)cc1Cl. The van der Waals surface area contributed by atoms with E-state index < -0.39 is 6.03 Å². The summed E-state index contributed by atoms with van der Waals surface area (Å²) in [5.41, 5.74) is 3.86. The Bertz CT molecular complexity index is 1100. The third-order valence-corrected chi connectivity index (χ3v) is 4.67. The number of urea groups is 1. The van der Waals surface area contributed by atoms with Crippen LogP contribution in [0.15, 0.2) is 48.5 Å². The van der Waals surface area contributed by atoms with Crippen molar-refractivity contribution in [1.82, 2.24) is 5.43 Å². The number of ether oxygens (including phenoxy) is 1. The number of methoxy groups -OCH3 is 1. The summed E-state index contributed by atoms with van der Waals surface area (Å²) in [7, 11) is 1.44. The summed E-state index contributed by atoms with van der Waals surface area (Å²) in [5.74, 6) is 10.9. The summed E-state index contributed by atoms with van der Waals surface area (Å²) in [4.78, 5) is 24.7. The van der Waals surface area contributed by atoms with Crippen LogP contribution in [0.1, 0.15) is 15.9 Å². The summed E-state index contributed by atoms with van der Waals surface area (Å²) in [6.07, 6.45) is 0. The van der Waals surface area contributed by atoms with E-state index in [9.17, 15) is 9.59 Å². The first-order valence-electron chi connectivity index (χ1n) is 8.58. The van der Waals surface area contributed by atoms with E-state index in [1.807, 2.05) is 36.6 Å². The number of hydrogen-bond donors (Lipinski definition) is 4. The Labute approximate surface area is 172 Å². The average molecular weight is 414 g/mol. The van der Waals surface area contributed by atoms with Gasteiger partial charge in [-0.05, 0) is 35.9 Å². The fraction of sp³-hybridized carbons (Fsp3) is 0.100. The van der Waals surface area contributed by atoms with Gasteiger partial charge >= 0.3 is 6.03 Å². The van der Waals surface area contributed by atoms with E-state index in [0.29, 0.717) is 11.3 Å². The zero-order valence-corrected chi connectivity index (χ0v) is 16.6. The molecular formula is C20H20ClN5O3. The average Bonchev–Trinajstić information content (AvgIpc) is 2.72. The molecule has 29 heavy (non-hydrogen) atoms. The van der Waals surface area contributed by atoms with Gasteiger partial charge in [-0.3, -0.25) is 10.2 Å². The van der Waals surface area contributed by atoms with Gasteiger partial charge in [-0.1, -0.05) is 41.4 Å². The Balaban J connectivity index is 1.98. The first-order chi connectivity index (χ1) is 13.8. The lowest BCUT2D eigenvalue weighted by molar-refractivity contribution is 0.102. The highest BCUT2D eigenvalue weighted by Gasteiger charge is 2.20. The summed E-state index contributed by atoms with van der Waals surface area (Å²) in [6, 6.07) is 13.4. The Hall–Kier alpha value is -3.33.